The first-order chi connectivity index (χ1) is 12.9. The van der Waals surface area contributed by atoms with Crippen molar-refractivity contribution in [2.75, 3.05) is 31.0 Å². The number of para-hydroxylation sites is 1. The van der Waals surface area contributed by atoms with Gasteiger partial charge in [0.2, 0.25) is 0 Å². The van der Waals surface area contributed by atoms with Crippen molar-refractivity contribution in [1.82, 2.24) is 10.6 Å². The molecule has 1 heterocycles. The van der Waals surface area contributed by atoms with Gasteiger partial charge in [0, 0.05) is 32.6 Å². The molecule has 1 aliphatic heterocycles. The van der Waals surface area contributed by atoms with Gasteiger partial charge in [0.15, 0.2) is 0 Å². The van der Waals surface area contributed by atoms with E-state index in [1.165, 1.54) is 19.2 Å². The summed E-state index contributed by atoms with van der Waals surface area (Å²) < 4.78 is 27.3. The summed E-state index contributed by atoms with van der Waals surface area (Å²) in [5.74, 6) is -0.570. The Labute approximate surface area is 171 Å². The van der Waals surface area contributed by atoms with Crippen molar-refractivity contribution in [3.63, 3.8) is 0 Å². The molecule has 2 aromatic rings. The van der Waals surface area contributed by atoms with E-state index < -0.39 is 22.0 Å². The number of benzene rings is 2. The van der Waals surface area contributed by atoms with E-state index in [9.17, 15) is 18.3 Å². The minimum Gasteiger partial charge on any atom is -0.391 e. The lowest BCUT2D eigenvalue weighted by atomic mass is 10.1. The molecule has 1 aliphatic rings. The molecule has 152 valence electrons. The first-order valence-corrected chi connectivity index (χ1v) is 10.2. The average molecular weight is 426 g/mol. The van der Waals surface area contributed by atoms with Crippen LogP contribution in [0.25, 0.3) is 0 Å². The summed E-state index contributed by atoms with van der Waals surface area (Å²) in [5.41, 5.74) is 0.591. The molecule has 0 bridgehead atoms. The summed E-state index contributed by atoms with van der Waals surface area (Å²) in [7, 11) is -2.45. The molecule has 0 aromatic heterocycles. The van der Waals surface area contributed by atoms with Crippen molar-refractivity contribution in [3.05, 3.63) is 60.2 Å². The van der Waals surface area contributed by atoms with Gasteiger partial charge in [0.25, 0.3) is 15.9 Å². The highest BCUT2D eigenvalue weighted by atomic mass is 35.5. The van der Waals surface area contributed by atoms with Gasteiger partial charge in [-0.3, -0.25) is 9.10 Å². The van der Waals surface area contributed by atoms with Gasteiger partial charge >= 0.3 is 0 Å². The second kappa shape index (κ2) is 9.38. The highest BCUT2D eigenvalue weighted by Crippen LogP contribution is 2.24. The second-order valence-corrected chi connectivity index (χ2v) is 8.44. The molecule has 0 spiro atoms. The zero-order valence-electron chi connectivity index (χ0n) is 15.4. The van der Waals surface area contributed by atoms with Crippen LogP contribution in [-0.2, 0) is 10.0 Å². The smallest absolute Gasteiger partial charge is 0.264 e. The molecule has 0 radical (unpaired) electrons. The first kappa shape index (κ1) is 22.2. The van der Waals surface area contributed by atoms with Crippen LogP contribution in [0.3, 0.4) is 0 Å². The molecule has 3 N–H and O–H groups in total. The number of carbonyl (C=O) groups excluding carboxylic acids is 1. The Morgan fingerprint density at radius 3 is 2.43 bits per heavy atom. The fourth-order valence-corrected chi connectivity index (χ4v) is 4.43. The Kier molecular flexibility index (Phi) is 7.42. The van der Waals surface area contributed by atoms with Gasteiger partial charge in [-0.15, -0.1) is 12.4 Å². The third-order valence-electron chi connectivity index (χ3n) is 4.72. The highest BCUT2D eigenvalue weighted by molar-refractivity contribution is 7.92. The summed E-state index contributed by atoms with van der Waals surface area (Å²) in [6.45, 7) is 1.38. The van der Waals surface area contributed by atoms with Crippen molar-refractivity contribution in [2.24, 2.45) is 5.92 Å². The van der Waals surface area contributed by atoms with Gasteiger partial charge in [-0.25, -0.2) is 8.42 Å². The van der Waals surface area contributed by atoms with Crippen LogP contribution in [0.2, 0.25) is 0 Å². The maximum Gasteiger partial charge on any atom is 0.264 e. The van der Waals surface area contributed by atoms with Crippen molar-refractivity contribution < 1.29 is 18.3 Å². The molecule has 2 aromatic carbocycles. The summed E-state index contributed by atoms with van der Waals surface area (Å²) in [6, 6.07) is 14.8. The molecule has 2 atom stereocenters. The number of rotatable bonds is 6. The fraction of sp³-hybridized carbons (Fsp3) is 0.316. The topological polar surface area (TPSA) is 98.7 Å². The Morgan fingerprint density at radius 2 is 1.79 bits per heavy atom. The molecule has 0 aliphatic carbocycles. The van der Waals surface area contributed by atoms with E-state index in [1.807, 2.05) is 0 Å². The number of amides is 1. The molecular weight excluding hydrogens is 402 g/mol. The van der Waals surface area contributed by atoms with Gasteiger partial charge in [-0.2, -0.15) is 0 Å². The largest absolute Gasteiger partial charge is 0.391 e. The number of halogens is 1. The van der Waals surface area contributed by atoms with Crippen molar-refractivity contribution in [1.29, 1.82) is 0 Å². The minimum absolute atomic E-state index is 0. The van der Waals surface area contributed by atoms with E-state index >= 15 is 0 Å². The van der Waals surface area contributed by atoms with Crippen molar-refractivity contribution in [2.45, 2.75) is 11.0 Å². The van der Waals surface area contributed by atoms with E-state index in [0.29, 0.717) is 18.8 Å². The number of hydrogen-bond acceptors (Lipinski definition) is 5. The van der Waals surface area contributed by atoms with Crippen LogP contribution in [0.1, 0.15) is 10.4 Å². The summed E-state index contributed by atoms with van der Waals surface area (Å²) in [6.07, 6.45) is -0.520. The first-order valence-electron chi connectivity index (χ1n) is 8.71. The zero-order valence-corrected chi connectivity index (χ0v) is 17.0. The molecule has 9 heteroatoms. The van der Waals surface area contributed by atoms with Crippen molar-refractivity contribution >= 4 is 34.0 Å². The number of sulfonamides is 1. The molecule has 0 saturated carbocycles. The third-order valence-corrected chi connectivity index (χ3v) is 6.56. The number of carbonyl (C=O) groups is 1. The van der Waals surface area contributed by atoms with Gasteiger partial charge in [-0.05, 0) is 24.3 Å². The lowest BCUT2D eigenvalue weighted by molar-refractivity contribution is 0.0924. The number of aliphatic hydroxyl groups excluding tert-OH is 1. The molecule has 1 amide bonds. The summed E-state index contributed by atoms with van der Waals surface area (Å²) in [5, 5.41) is 15.6. The Balaban J connectivity index is 0.00000280. The van der Waals surface area contributed by atoms with Crippen LogP contribution < -0.4 is 14.9 Å². The monoisotopic (exact) mass is 425 g/mol. The maximum atomic E-state index is 13.1. The molecule has 3 rings (SSSR count). The standard InChI is InChI=1S/C19H23N3O4S.ClH/c1-22(15-7-3-2-4-8-15)27(25,26)18-10-6-5-9-16(18)19(24)21-12-14-11-20-13-17(14)23;/h2-10,14,17,20,23H,11-13H2,1H3,(H,21,24);1H. The quantitative estimate of drug-likeness (QED) is 0.646. The van der Waals surface area contributed by atoms with Gasteiger partial charge in [0.1, 0.15) is 4.90 Å². The van der Waals surface area contributed by atoms with E-state index in [0.717, 1.165) is 4.31 Å². The SMILES string of the molecule is CN(c1ccccc1)S(=O)(=O)c1ccccc1C(=O)NCC1CNCC1O.Cl. The third kappa shape index (κ3) is 4.64. The number of nitrogens with zero attached hydrogens (tertiary/aromatic N) is 1. The number of anilines is 1. The van der Waals surface area contributed by atoms with Crippen molar-refractivity contribution in [3.8, 4) is 0 Å². The fourth-order valence-electron chi connectivity index (χ4n) is 3.05. The van der Waals surface area contributed by atoms with Crippen LogP contribution in [0, 0.1) is 5.92 Å². The summed E-state index contributed by atoms with van der Waals surface area (Å²) in [4.78, 5) is 12.6. The normalized spacial score (nSPS) is 18.9. The lowest BCUT2D eigenvalue weighted by Crippen LogP contribution is -2.36. The highest BCUT2D eigenvalue weighted by Gasteiger charge is 2.28. The predicted octanol–water partition coefficient (Wildman–Crippen LogP) is 1.24. The molecule has 1 saturated heterocycles. The summed E-state index contributed by atoms with van der Waals surface area (Å²) >= 11 is 0. The minimum atomic E-state index is -3.91. The second-order valence-electron chi connectivity index (χ2n) is 6.50. The molecule has 28 heavy (non-hydrogen) atoms. The number of nitrogens with one attached hydrogen (secondary N) is 2. The zero-order chi connectivity index (χ0) is 19.4. The van der Waals surface area contributed by atoms with E-state index in [-0.39, 0.29) is 35.3 Å². The lowest BCUT2D eigenvalue weighted by Gasteiger charge is -2.21. The van der Waals surface area contributed by atoms with Gasteiger partial charge < -0.3 is 15.7 Å². The molecular formula is C19H24ClN3O4S. The molecule has 1 fully saturated rings. The number of aliphatic hydroxyl groups is 1. The number of β-amino-alcohol motifs (C(OH)–C–C–N with tert-alkyl or cyclic N) is 1. The Hall–Kier alpha value is -2.13. The van der Waals surface area contributed by atoms with E-state index in [2.05, 4.69) is 10.6 Å². The van der Waals surface area contributed by atoms with Crippen LogP contribution in [0.5, 0.6) is 0 Å². The van der Waals surface area contributed by atoms with Crippen LogP contribution >= 0.6 is 12.4 Å². The number of hydrogen-bond donors (Lipinski definition) is 3. The van der Waals surface area contributed by atoms with Crippen LogP contribution in [-0.4, -0.2) is 52.2 Å². The Bertz CT molecular complexity index is 908. The van der Waals surface area contributed by atoms with E-state index in [1.54, 1.807) is 42.5 Å². The van der Waals surface area contributed by atoms with Crippen LogP contribution in [0.4, 0.5) is 5.69 Å². The average Bonchev–Trinajstić information content (AvgIpc) is 3.11. The van der Waals surface area contributed by atoms with Gasteiger partial charge in [-0.1, -0.05) is 30.3 Å². The maximum absolute atomic E-state index is 13.1. The van der Waals surface area contributed by atoms with Crippen LogP contribution in [0.15, 0.2) is 59.5 Å². The molecule has 7 nitrogen and oxygen atoms in total. The van der Waals surface area contributed by atoms with E-state index in [4.69, 9.17) is 0 Å². The Morgan fingerprint density at radius 1 is 1.14 bits per heavy atom. The predicted molar refractivity (Wildman–Crippen MR) is 110 cm³/mol. The van der Waals surface area contributed by atoms with Gasteiger partial charge in [0.05, 0.1) is 17.4 Å². The molecule has 2 unspecified atom stereocenters.